The van der Waals surface area contributed by atoms with Crippen LogP contribution in [0.15, 0.2) is 82.2 Å². The maximum Gasteiger partial charge on any atom is 0.495 e. The maximum absolute atomic E-state index is 14.5. The van der Waals surface area contributed by atoms with Crippen molar-refractivity contribution in [3.63, 3.8) is 0 Å². The summed E-state index contributed by atoms with van der Waals surface area (Å²) >= 11 is 6.22. The highest BCUT2D eigenvalue weighted by Gasteiger charge is 2.52. The van der Waals surface area contributed by atoms with Crippen LogP contribution in [0.5, 0.6) is 0 Å². The smallest absolute Gasteiger partial charge is 0.432 e. The Bertz CT molecular complexity index is 3970. The van der Waals surface area contributed by atoms with Crippen LogP contribution < -0.4 is 15.3 Å². The number of aromatic nitrogens is 8. The Morgan fingerprint density at radius 1 is 0.622 bits per heavy atom. The summed E-state index contributed by atoms with van der Waals surface area (Å²) in [5.74, 6) is 1.20. The Hall–Kier alpha value is -6.93. The van der Waals surface area contributed by atoms with E-state index in [1.165, 1.54) is 24.3 Å². The highest BCUT2D eigenvalue weighted by atomic mass is 35.5. The molecule has 15 rings (SSSR count). The third-order valence-corrected chi connectivity index (χ3v) is 16.6. The molecule has 5 aliphatic rings. The van der Waals surface area contributed by atoms with E-state index in [0.29, 0.717) is 114 Å². The van der Waals surface area contributed by atoms with E-state index in [2.05, 4.69) is 61.6 Å². The number of ether oxygens (including phenoxy) is 4. The minimum Gasteiger partial charge on any atom is -0.432 e. The van der Waals surface area contributed by atoms with E-state index in [4.69, 9.17) is 58.7 Å². The van der Waals surface area contributed by atoms with E-state index in [1.54, 1.807) is 26.6 Å². The molecule has 5 fully saturated rings. The molecular weight excluding hydrogens is 1080 g/mol. The van der Waals surface area contributed by atoms with Crippen molar-refractivity contribution < 1.29 is 45.9 Å². The number of hydrogen-bond donors (Lipinski definition) is 2. The van der Waals surface area contributed by atoms with E-state index in [0.717, 1.165) is 96.0 Å². The topological polar surface area (TPSA) is 204 Å². The fourth-order valence-electron chi connectivity index (χ4n) is 11.1. The number of likely N-dealkylation sites (tertiary alicyclic amines) is 2. The quantitative estimate of drug-likeness (QED) is 0.0974. The zero-order valence-corrected chi connectivity index (χ0v) is 47.2. The predicted octanol–water partition coefficient (Wildman–Crippen LogP) is 8.42. The molecule has 0 amide bonds. The summed E-state index contributed by atoms with van der Waals surface area (Å²) < 4.78 is 74.2. The Morgan fingerprint density at radius 2 is 1.11 bits per heavy atom. The third kappa shape index (κ3) is 10.5. The number of hydrogen-bond acceptors (Lipinski definition) is 18. The average Bonchev–Trinajstić information content (AvgIpc) is 3.20. The van der Waals surface area contributed by atoms with Gasteiger partial charge in [0.05, 0.1) is 60.6 Å². The first kappa shape index (κ1) is 54.3. The van der Waals surface area contributed by atoms with Gasteiger partial charge < -0.3 is 56.9 Å². The fraction of sp³-hybridized carbons (Fsp3) is 0.414. The fourth-order valence-corrected chi connectivity index (χ4v) is 11.3. The summed E-state index contributed by atoms with van der Waals surface area (Å²) in [7, 11) is 2.96. The SMILES string of the molecule is CC1(C)OB(c2cc(F)cc3[nH]ccc23)OC1(C)C.COC1CN(Cc2cnc3oc4c(N5CCOCC5)nc(-c5cc(F)cc6[nH]ccc56)nc4c3c2)C1.COC1CN(Cc2cnc3oc4c(N5CCOCC5)nc(Cl)nc4c3c2)C1. The number of anilines is 2. The van der Waals surface area contributed by atoms with Gasteiger partial charge in [-0.1, -0.05) is 0 Å². The molecule has 426 valence electrons. The number of H-pyrrole nitrogens is 2. The van der Waals surface area contributed by atoms with Crippen LogP contribution in [-0.2, 0) is 41.3 Å². The molecule has 2 N–H and O–H groups in total. The zero-order valence-electron chi connectivity index (χ0n) is 46.4. The number of nitrogens with zero attached hydrogens (tertiary/aromatic N) is 10. The number of aromatic amines is 2. The predicted molar refractivity (Wildman–Crippen MR) is 309 cm³/mol. The normalized spacial score (nSPS) is 18.9. The molecule has 0 atom stereocenters. The van der Waals surface area contributed by atoms with Crippen molar-refractivity contribution in [2.75, 3.05) is 103 Å². The van der Waals surface area contributed by atoms with E-state index in [9.17, 15) is 8.78 Å². The summed E-state index contributed by atoms with van der Waals surface area (Å²) in [6, 6.07) is 13.9. The van der Waals surface area contributed by atoms with Crippen LogP contribution in [0.3, 0.4) is 0 Å². The lowest BCUT2D eigenvalue weighted by Crippen LogP contribution is -2.50. The van der Waals surface area contributed by atoms with E-state index < -0.39 is 18.3 Å². The summed E-state index contributed by atoms with van der Waals surface area (Å²) in [6.07, 6.45) is 7.91. The van der Waals surface area contributed by atoms with Crippen LogP contribution in [0.4, 0.5) is 20.4 Å². The number of furan rings is 2. The van der Waals surface area contributed by atoms with Crippen LogP contribution >= 0.6 is 11.6 Å². The molecule has 0 bridgehead atoms. The first-order valence-electron chi connectivity index (χ1n) is 27.6. The van der Waals surface area contributed by atoms with Crippen LogP contribution in [0, 0.1) is 11.6 Å². The van der Waals surface area contributed by atoms with Gasteiger partial charge in [-0.3, -0.25) is 9.80 Å². The standard InChI is InChI=1S/C26H25FN6O3.C18H20ClN5O3.C14H17BFNO2/c1-34-17-13-32(14-17)12-15-8-20-22-23(36-26(20)29-11-15)25(33-4-6-35-7-5-33)31-24(30-22)19-9-16(27)10-21-18(19)2-3-28-21;1-25-12-9-23(10-12)8-11-6-13-14-15(27-17(13)20-7-11)16(22-18(19)21-14)24-2-4-26-5-3-24;1-13(2)14(3,4)19-15(18-13)11-7-9(16)8-12-10(11)5-6-17-12/h2-3,8-11,17,28H,4-7,12-14H2,1H3;6-7,12H,2-5,8-10H2,1H3;5-8,17H,1-4H3. The van der Waals surface area contributed by atoms with E-state index in [1.807, 2.05) is 52.2 Å². The highest BCUT2D eigenvalue weighted by Crippen LogP contribution is 2.40. The number of halogens is 3. The van der Waals surface area contributed by atoms with E-state index >= 15 is 0 Å². The number of methoxy groups -OCH3 is 2. The number of morpholine rings is 2. The van der Waals surface area contributed by atoms with Crippen LogP contribution in [-0.4, -0.2) is 173 Å². The molecule has 2 aromatic carbocycles. The summed E-state index contributed by atoms with van der Waals surface area (Å²) in [6.45, 7) is 18.6. The van der Waals surface area contributed by atoms with Gasteiger partial charge in [-0.05, 0) is 110 Å². The first-order chi connectivity index (χ1) is 39.7. The molecule has 20 nitrogen and oxygen atoms in total. The van der Waals surface area contributed by atoms with Crippen LogP contribution in [0.2, 0.25) is 5.28 Å². The largest absolute Gasteiger partial charge is 0.495 e. The Morgan fingerprint density at radius 3 is 1.65 bits per heavy atom. The van der Waals surface area contributed by atoms with Gasteiger partial charge in [0.2, 0.25) is 16.7 Å². The zero-order chi connectivity index (χ0) is 56.4. The summed E-state index contributed by atoms with van der Waals surface area (Å²) in [5.41, 5.74) is 7.83. The van der Waals surface area contributed by atoms with Gasteiger partial charge in [0.15, 0.2) is 28.6 Å². The van der Waals surface area contributed by atoms with Gasteiger partial charge in [0, 0.05) is 126 Å². The van der Waals surface area contributed by atoms with Gasteiger partial charge in [0.25, 0.3) is 0 Å². The van der Waals surface area contributed by atoms with Gasteiger partial charge in [-0.25, -0.2) is 33.7 Å². The van der Waals surface area contributed by atoms with Gasteiger partial charge in [-0.2, -0.15) is 4.98 Å². The molecule has 10 aromatic rings. The Labute approximate surface area is 475 Å². The number of nitrogens with one attached hydrogen (secondary N) is 2. The number of benzene rings is 2. The van der Waals surface area contributed by atoms with E-state index in [-0.39, 0.29) is 16.9 Å². The Kier molecular flexibility index (Phi) is 14.6. The summed E-state index contributed by atoms with van der Waals surface area (Å²) in [4.78, 5) is 42.8. The van der Waals surface area contributed by atoms with Crippen molar-refractivity contribution in [1.29, 1.82) is 0 Å². The van der Waals surface area contributed by atoms with Crippen molar-refractivity contribution in [3.8, 4) is 11.4 Å². The monoisotopic (exact) mass is 1140 g/mol. The highest BCUT2D eigenvalue weighted by molar-refractivity contribution is 6.65. The number of fused-ring (bicyclic) bond motifs is 8. The molecule has 5 aliphatic heterocycles. The van der Waals surface area contributed by atoms with Crippen molar-refractivity contribution in [1.82, 2.24) is 49.7 Å². The van der Waals surface area contributed by atoms with Gasteiger partial charge >= 0.3 is 7.12 Å². The van der Waals surface area contributed by atoms with Crippen LogP contribution in [0.1, 0.15) is 38.8 Å². The number of rotatable bonds is 10. The molecule has 8 aromatic heterocycles. The number of pyridine rings is 2. The van der Waals surface area contributed by atoms with Crippen molar-refractivity contribution in [2.24, 2.45) is 0 Å². The lowest BCUT2D eigenvalue weighted by molar-refractivity contribution is -0.0334. The van der Waals surface area contributed by atoms with Crippen LogP contribution in [0.25, 0.3) is 77.6 Å². The molecule has 82 heavy (non-hydrogen) atoms. The molecular formula is C58H62BClF2N12O8. The van der Waals surface area contributed by atoms with Gasteiger partial charge in [-0.15, -0.1) is 0 Å². The average molecular weight is 1140 g/mol. The second-order valence-corrected chi connectivity index (χ2v) is 22.7. The van der Waals surface area contributed by atoms with Gasteiger partial charge in [0.1, 0.15) is 22.7 Å². The second kappa shape index (κ2) is 22.0. The Balaban J connectivity index is 0.000000122. The lowest BCUT2D eigenvalue weighted by Gasteiger charge is -2.38. The molecule has 24 heteroatoms. The van der Waals surface area contributed by atoms with Crippen molar-refractivity contribution in [2.45, 2.75) is 64.2 Å². The summed E-state index contributed by atoms with van der Waals surface area (Å²) in [5, 5.41) is 3.69. The van der Waals surface area contributed by atoms with Crippen molar-refractivity contribution in [3.05, 3.63) is 101 Å². The molecule has 0 saturated carbocycles. The maximum atomic E-state index is 14.5. The first-order valence-corrected chi connectivity index (χ1v) is 27.9. The third-order valence-electron chi connectivity index (χ3n) is 16.4. The molecule has 0 spiro atoms. The lowest BCUT2D eigenvalue weighted by atomic mass is 9.77. The second-order valence-electron chi connectivity index (χ2n) is 22.4. The van der Waals surface area contributed by atoms with Crippen molar-refractivity contribution >= 4 is 102 Å². The molecule has 13 heterocycles. The molecule has 0 unspecified atom stereocenters. The molecule has 0 aliphatic carbocycles. The molecule has 5 saturated heterocycles. The minimum atomic E-state index is -0.543. The minimum absolute atomic E-state index is 0.211. The molecule has 0 radical (unpaired) electrons.